The van der Waals surface area contributed by atoms with Gasteiger partial charge in [0.2, 0.25) is 5.91 Å². The van der Waals surface area contributed by atoms with Gasteiger partial charge in [-0.1, -0.05) is 12.1 Å². The monoisotopic (exact) mass is 365 g/mol. The highest BCUT2D eigenvalue weighted by Gasteiger charge is 2.03. The summed E-state index contributed by atoms with van der Waals surface area (Å²) >= 11 is 4.89. The zero-order chi connectivity index (χ0) is 15.2. The minimum absolute atomic E-state index is 0.209. The minimum Gasteiger partial charge on any atom is -0.478 e. The molecule has 4 nitrogen and oxygen atoms in total. The fourth-order valence-electron chi connectivity index (χ4n) is 1.64. The molecule has 0 spiro atoms. The first-order valence-corrected chi connectivity index (χ1v) is 7.69. The molecule has 21 heavy (non-hydrogen) atoms. The van der Waals surface area contributed by atoms with Crippen molar-refractivity contribution in [3.8, 4) is 0 Å². The molecule has 1 aromatic carbocycles. The van der Waals surface area contributed by atoms with Gasteiger partial charge in [-0.3, -0.25) is 4.79 Å². The van der Waals surface area contributed by atoms with E-state index < -0.39 is 5.97 Å². The van der Waals surface area contributed by atoms with E-state index in [9.17, 15) is 9.59 Å². The van der Waals surface area contributed by atoms with E-state index in [0.717, 1.165) is 14.2 Å². The van der Waals surface area contributed by atoms with Gasteiger partial charge in [-0.05, 0) is 51.8 Å². The topological polar surface area (TPSA) is 66.4 Å². The largest absolute Gasteiger partial charge is 0.478 e. The maximum Gasteiger partial charge on any atom is 0.335 e. The number of carboxylic acids is 1. The average Bonchev–Trinajstić information content (AvgIpc) is 2.89. The lowest BCUT2D eigenvalue weighted by molar-refractivity contribution is -0.116. The van der Waals surface area contributed by atoms with E-state index in [1.54, 1.807) is 24.3 Å². The van der Waals surface area contributed by atoms with Gasteiger partial charge in [0.05, 0.1) is 9.35 Å². The Balaban J connectivity index is 1.90. The SMILES string of the molecule is O=C(/C=C/c1ccc(Br)s1)NCc1cccc(C(=O)O)c1. The fraction of sp³-hybridized carbons (Fsp3) is 0.0667. The molecule has 0 radical (unpaired) electrons. The first kappa shape index (κ1) is 15.5. The summed E-state index contributed by atoms with van der Waals surface area (Å²) in [6.45, 7) is 0.290. The van der Waals surface area contributed by atoms with Crippen LogP contribution in [-0.2, 0) is 11.3 Å². The summed E-state index contributed by atoms with van der Waals surface area (Å²) in [6.07, 6.45) is 3.19. The maximum atomic E-state index is 11.7. The summed E-state index contributed by atoms with van der Waals surface area (Å²) < 4.78 is 1.01. The Labute approximate surface area is 134 Å². The lowest BCUT2D eigenvalue weighted by atomic mass is 10.1. The van der Waals surface area contributed by atoms with Crippen molar-refractivity contribution < 1.29 is 14.7 Å². The molecule has 1 aromatic heterocycles. The molecule has 0 aliphatic heterocycles. The highest BCUT2D eigenvalue weighted by atomic mass is 79.9. The van der Waals surface area contributed by atoms with E-state index in [4.69, 9.17) is 5.11 Å². The van der Waals surface area contributed by atoms with Gasteiger partial charge >= 0.3 is 5.97 Å². The van der Waals surface area contributed by atoms with E-state index in [-0.39, 0.29) is 11.5 Å². The maximum absolute atomic E-state index is 11.7. The van der Waals surface area contributed by atoms with Crippen molar-refractivity contribution in [3.63, 3.8) is 0 Å². The van der Waals surface area contributed by atoms with Crippen LogP contribution < -0.4 is 5.32 Å². The van der Waals surface area contributed by atoms with Gasteiger partial charge in [0.25, 0.3) is 0 Å². The number of halogens is 1. The normalized spacial score (nSPS) is 10.7. The minimum atomic E-state index is -0.980. The highest BCUT2D eigenvalue weighted by molar-refractivity contribution is 9.11. The molecule has 0 bridgehead atoms. The Morgan fingerprint density at radius 2 is 2.10 bits per heavy atom. The number of nitrogens with one attached hydrogen (secondary N) is 1. The van der Waals surface area contributed by atoms with Crippen molar-refractivity contribution in [1.82, 2.24) is 5.32 Å². The van der Waals surface area contributed by atoms with Crippen LogP contribution >= 0.6 is 27.3 Å². The number of amides is 1. The first-order valence-electron chi connectivity index (χ1n) is 6.08. The second kappa shape index (κ2) is 7.19. The Kier molecular flexibility index (Phi) is 5.30. The third-order valence-electron chi connectivity index (χ3n) is 2.63. The van der Waals surface area contributed by atoms with Crippen molar-refractivity contribution in [3.05, 3.63) is 62.3 Å². The van der Waals surface area contributed by atoms with E-state index in [0.29, 0.717) is 6.54 Å². The van der Waals surface area contributed by atoms with Crippen LogP contribution in [0, 0.1) is 0 Å². The lowest BCUT2D eigenvalue weighted by Gasteiger charge is -2.03. The van der Waals surface area contributed by atoms with Gasteiger partial charge in [0.1, 0.15) is 0 Å². The van der Waals surface area contributed by atoms with E-state index in [1.165, 1.54) is 23.5 Å². The summed E-state index contributed by atoms with van der Waals surface area (Å²) in [5.74, 6) is -1.20. The number of benzene rings is 1. The van der Waals surface area contributed by atoms with Gasteiger partial charge in [-0.2, -0.15) is 0 Å². The van der Waals surface area contributed by atoms with E-state index in [2.05, 4.69) is 21.2 Å². The molecule has 0 unspecified atom stereocenters. The molecule has 0 atom stereocenters. The molecular formula is C15H12BrNO3S. The lowest BCUT2D eigenvalue weighted by Crippen LogP contribution is -2.20. The number of carbonyl (C=O) groups excluding carboxylic acids is 1. The van der Waals surface area contributed by atoms with Gasteiger partial charge in [0.15, 0.2) is 0 Å². The Morgan fingerprint density at radius 1 is 1.29 bits per heavy atom. The van der Waals surface area contributed by atoms with Crippen LogP contribution in [0.5, 0.6) is 0 Å². The van der Waals surface area contributed by atoms with Crippen molar-refractivity contribution >= 4 is 45.2 Å². The summed E-state index contributed by atoms with van der Waals surface area (Å²) in [6, 6.07) is 10.3. The summed E-state index contributed by atoms with van der Waals surface area (Å²) in [4.78, 5) is 23.5. The predicted octanol–water partition coefficient (Wildman–Crippen LogP) is 3.54. The number of rotatable bonds is 5. The second-order valence-corrected chi connectivity index (χ2v) is 6.69. The van der Waals surface area contributed by atoms with Crippen LogP contribution in [0.15, 0.2) is 46.3 Å². The molecular weight excluding hydrogens is 354 g/mol. The number of thiophene rings is 1. The zero-order valence-corrected chi connectivity index (χ0v) is 13.3. The van der Waals surface area contributed by atoms with Crippen LogP contribution in [0.1, 0.15) is 20.8 Å². The van der Waals surface area contributed by atoms with E-state index in [1.807, 2.05) is 12.1 Å². The van der Waals surface area contributed by atoms with Crippen molar-refractivity contribution in [1.29, 1.82) is 0 Å². The molecule has 108 valence electrons. The smallest absolute Gasteiger partial charge is 0.335 e. The zero-order valence-electron chi connectivity index (χ0n) is 10.9. The van der Waals surface area contributed by atoms with Crippen LogP contribution in [-0.4, -0.2) is 17.0 Å². The van der Waals surface area contributed by atoms with Crippen LogP contribution in [0.3, 0.4) is 0 Å². The Hall–Kier alpha value is -1.92. The molecule has 0 saturated heterocycles. The quantitative estimate of drug-likeness (QED) is 0.796. The predicted molar refractivity (Wildman–Crippen MR) is 86.3 cm³/mol. The summed E-state index contributed by atoms with van der Waals surface area (Å²) in [7, 11) is 0. The Bertz CT molecular complexity index is 694. The molecule has 0 fully saturated rings. The number of carboxylic acid groups (broad SMARTS) is 1. The van der Waals surface area contributed by atoms with Crippen molar-refractivity contribution in [2.24, 2.45) is 0 Å². The van der Waals surface area contributed by atoms with Crippen LogP contribution in [0.2, 0.25) is 0 Å². The average molecular weight is 366 g/mol. The third-order valence-corrected chi connectivity index (χ3v) is 4.22. The van der Waals surface area contributed by atoms with Crippen molar-refractivity contribution in [2.45, 2.75) is 6.54 Å². The molecule has 2 N–H and O–H groups in total. The van der Waals surface area contributed by atoms with Crippen LogP contribution in [0.4, 0.5) is 0 Å². The van der Waals surface area contributed by atoms with Gasteiger partial charge in [-0.15, -0.1) is 11.3 Å². The van der Waals surface area contributed by atoms with Gasteiger partial charge in [-0.25, -0.2) is 4.79 Å². The Morgan fingerprint density at radius 3 is 2.76 bits per heavy atom. The van der Waals surface area contributed by atoms with Gasteiger partial charge < -0.3 is 10.4 Å². The van der Waals surface area contributed by atoms with Crippen LogP contribution in [0.25, 0.3) is 6.08 Å². The third kappa shape index (κ3) is 4.84. The molecule has 0 aliphatic rings. The molecule has 6 heteroatoms. The van der Waals surface area contributed by atoms with Crippen molar-refractivity contribution in [2.75, 3.05) is 0 Å². The number of hydrogen-bond donors (Lipinski definition) is 2. The molecule has 1 amide bonds. The summed E-state index contributed by atoms with van der Waals surface area (Å²) in [5, 5.41) is 11.6. The number of aromatic carboxylic acids is 1. The molecule has 0 saturated carbocycles. The highest BCUT2D eigenvalue weighted by Crippen LogP contribution is 2.22. The first-order chi connectivity index (χ1) is 10.0. The molecule has 1 heterocycles. The molecule has 0 aliphatic carbocycles. The second-order valence-electron chi connectivity index (χ2n) is 4.20. The standard InChI is InChI=1S/C15H12BrNO3S/c16-13-6-4-12(21-13)5-7-14(18)17-9-10-2-1-3-11(8-10)15(19)20/h1-8H,9H2,(H,17,18)(H,19,20)/b7-5+. The molecule has 2 aromatic rings. The fourth-order valence-corrected chi connectivity index (χ4v) is 2.96. The molecule has 2 rings (SSSR count). The van der Waals surface area contributed by atoms with E-state index >= 15 is 0 Å². The summed E-state index contributed by atoms with van der Waals surface area (Å²) in [5.41, 5.74) is 0.955. The van der Waals surface area contributed by atoms with Gasteiger partial charge in [0, 0.05) is 17.5 Å². The number of carbonyl (C=O) groups is 2. The number of hydrogen-bond acceptors (Lipinski definition) is 3.